The number of carbonyl (C=O) groups excluding carboxylic acids is 2. The first-order valence-corrected chi connectivity index (χ1v) is 7.52. The maximum atomic E-state index is 12.3. The summed E-state index contributed by atoms with van der Waals surface area (Å²) in [7, 11) is 0. The third kappa shape index (κ3) is 3.11. The highest BCUT2D eigenvalue weighted by atomic mass is 35.5. The molecule has 0 saturated carbocycles. The Kier molecular flexibility index (Phi) is 4.26. The molecule has 122 valence electrons. The van der Waals surface area contributed by atoms with Crippen molar-refractivity contribution >= 4 is 29.1 Å². The van der Waals surface area contributed by atoms with Crippen molar-refractivity contribution in [2.75, 3.05) is 0 Å². The Morgan fingerprint density at radius 2 is 2.08 bits per heavy atom. The van der Waals surface area contributed by atoms with E-state index in [4.69, 9.17) is 16.3 Å². The number of Topliss-reactive ketones (excluding diaryl/α,β-unsaturated/α-hetero) is 1. The van der Waals surface area contributed by atoms with Crippen LogP contribution in [0.1, 0.15) is 33.6 Å². The molecular formula is C16H13ClN4O3. The van der Waals surface area contributed by atoms with Crippen molar-refractivity contribution < 1.29 is 14.3 Å². The zero-order chi connectivity index (χ0) is 17.3. The third-order valence-corrected chi connectivity index (χ3v) is 3.61. The summed E-state index contributed by atoms with van der Waals surface area (Å²) in [5.41, 5.74) is 1.14. The van der Waals surface area contributed by atoms with Crippen LogP contribution in [0.4, 0.5) is 0 Å². The van der Waals surface area contributed by atoms with Crippen LogP contribution in [0.25, 0.3) is 5.78 Å². The molecule has 24 heavy (non-hydrogen) atoms. The van der Waals surface area contributed by atoms with E-state index < -0.39 is 12.1 Å². The maximum absolute atomic E-state index is 12.3. The summed E-state index contributed by atoms with van der Waals surface area (Å²) in [5.74, 6) is -1.01. The molecule has 0 amide bonds. The summed E-state index contributed by atoms with van der Waals surface area (Å²) >= 11 is 5.87. The molecule has 1 aromatic carbocycles. The van der Waals surface area contributed by atoms with Gasteiger partial charge in [-0.3, -0.25) is 4.79 Å². The van der Waals surface area contributed by atoms with Crippen LogP contribution in [0.3, 0.4) is 0 Å². The van der Waals surface area contributed by atoms with Gasteiger partial charge in [-0.2, -0.15) is 4.98 Å². The number of hydrogen-bond donors (Lipinski definition) is 0. The van der Waals surface area contributed by atoms with Gasteiger partial charge in [-0.15, -0.1) is 5.10 Å². The summed E-state index contributed by atoms with van der Waals surface area (Å²) in [6.07, 6.45) is 0.580. The lowest BCUT2D eigenvalue weighted by molar-refractivity contribution is 0.0307. The molecule has 8 heteroatoms. The van der Waals surface area contributed by atoms with Gasteiger partial charge in [0, 0.05) is 22.5 Å². The summed E-state index contributed by atoms with van der Waals surface area (Å²) in [4.78, 5) is 32.5. The van der Waals surface area contributed by atoms with Crippen molar-refractivity contribution in [1.82, 2.24) is 19.6 Å². The van der Waals surface area contributed by atoms with Crippen LogP contribution in [0.5, 0.6) is 0 Å². The number of nitrogens with zero attached hydrogens (tertiary/aromatic N) is 4. The van der Waals surface area contributed by atoms with Gasteiger partial charge >= 0.3 is 5.97 Å². The average Bonchev–Trinajstić information content (AvgIpc) is 3.00. The van der Waals surface area contributed by atoms with Crippen molar-refractivity contribution in [3.05, 3.63) is 58.6 Å². The van der Waals surface area contributed by atoms with Gasteiger partial charge in [0.1, 0.15) is 0 Å². The fourth-order valence-corrected chi connectivity index (χ4v) is 2.33. The third-order valence-electron chi connectivity index (χ3n) is 3.37. The highest BCUT2D eigenvalue weighted by molar-refractivity contribution is 6.31. The number of ketones is 1. The molecule has 7 nitrogen and oxygen atoms in total. The number of ether oxygens (including phenoxy) is 1. The van der Waals surface area contributed by atoms with Crippen LogP contribution in [0.15, 0.2) is 36.5 Å². The van der Waals surface area contributed by atoms with Crippen LogP contribution in [-0.2, 0) is 4.74 Å². The molecule has 2 heterocycles. The standard InChI is InChI=1S/C16H13ClN4O3/c1-9-6-7-18-16-19-14(20-21(9)16)15(23)24-10(2)13(22)11-4-3-5-12(17)8-11/h3-8,10H,1-2H3/t10-/m0/s1. The molecule has 0 bridgehead atoms. The van der Waals surface area contributed by atoms with E-state index in [-0.39, 0.29) is 17.4 Å². The fourth-order valence-electron chi connectivity index (χ4n) is 2.14. The Bertz CT molecular complexity index is 938. The van der Waals surface area contributed by atoms with E-state index in [9.17, 15) is 9.59 Å². The number of aromatic nitrogens is 4. The molecule has 0 fully saturated rings. The van der Waals surface area contributed by atoms with Gasteiger partial charge in [-0.05, 0) is 32.0 Å². The number of carbonyl (C=O) groups is 2. The van der Waals surface area contributed by atoms with E-state index in [0.717, 1.165) is 5.69 Å². The highest BCUT2D eigenvalue weighted by Crippen LogP contribution is 2.14. The monoisotopic (exact) mass is 344 g/mol. The predicted octanol–water partition coefficient (Wildman–Crippen LogP) is 2.51. The lowest BCUT2D eigenvalue weighted by Crippen LogP contribution is -2.25. The molecule has 3 aromatic rings. The van der Waals surface area contributed by atoms with Crippen LogP contribution < -0.4 is 0 Å². The molecule has 0 saturated heterocycles. The molecule has 3 rings (SSSR count). The van der Waals surface area contributed by atoms with Crippen molar-refractivity contribution in [3.8, 4) is 0 Å². The molecule has 0 aliphatic rings. The molecule has 0 spiro atoms. The fraction of sp³-hybridized carbons (Fsp3) is 0.188. The molecule has 0 unspecified atom stereocenters. The highest BCUT2D eigenvalue weighted by Gasteiger charge is 2.23. The second kappa shape index (κ2) is 6.37. The number of fused-ring (bicyclic) bond motifs is 1. The predicted molar refractivity (Wildman–Crippen MR) is 86.2 cm³/mol. The van der Waals surface area contributed by atoms with Gasteiger partial charge < -0.3 is 4.74 Å². The quantitative estimate of drug-likeness (QED) is 0.534. The average molecular weight is 345 g/mol. The first-order valence-electron chi connectivity index (χ1n) is 7.15. The van der Waals surface area contributed by atoms with Crippen molar-refractivity contribution in [2.24, 2.45) is 0 Å². The van der Waals surface area contributed by atoms with Gasteiger partial charge in [0.25, 0.3) is 11.6 Å². The number of halogens is 1. The van der Waals surface area contributed by atoms with Crippen molar-refractivity contribution in [2.45, 2.75) is 20.0 Å². The lowest BCUT2D eigenvalue weighted by Gasteiger charge is -2.11. The number of rotatable bonds is 4. The number of benzene rings is 1. The Labute approximate surface area is 142 Å². The minimum Gasteiger partial charge on any atom is -0.448 e. The van der Waals surface area contributed by atoms with Crippen molar-refractivity contribution in [3.63, 3.8) is 0 Å². The number of aryl methyl sites for hydroxylation is 1. The zero-order valence-corrected chi connectivity index (χ0v) is 13.7. The van der Waals surface area contributed by atoms with Crippen LogP contribution in [0.2, 0.25) is 5.02 Å². The second-order valence-electron chi connectivity index (χ2n) is 5.16. The van der Waals surface area contributed by atoms with Crippen LogP contribution in [0, 0.1) is 6.92 Å². The van der Waals surface area contributed by atoms with Gasteiger partial charge in [-0.25, -0.2) is 14.3 Å². The molecule has 0 N–H and O–H groups in total. The molecule has 2 aromatic heterocycles. The van der Waals surface area contributed by atoms with Crippen LogP contribution in [-0.4, -0.2) is 37.4 Å². The van der Waals surface area contributed by atoms with E-state index in [1.807, 2.05) is 6.92 Å². The van der Waals surface area contributed by atoms with E-state index >= 15 is 0 Å². The summed E-state index contributed by atoms with van der Waals surface area (Å²) < 4.78 is 6.59. The molecule has 0 radical (unpaired) electrons. The lowest BCUT2D eigenvalue weighted by atomic mass is 10.1. The Morgan fingerprint density at radius 1 is 1.29 bits per heavy atom. The van der Waals surface area contributed by atoms with E-state index in [1.165, 1.54) is 17.5 Å². The zero-order valence-electron chi connectivity index (χ0n) is 12.9. The normalized spacial score (nSPS) is 12.1. The molecule has 0 aliphatic carbocycles. The minimum atomic E-state index is -0.989. The van der Waals surface area contributed by atoms with Gasteiger partial charge in [0.05, 0.1) is 0 Å². The van der Waals surface area contributed by atoms with E-state index in [0.29, 0.717) is 10.6 Å². The molecular weight excluding hydrogens is 332 g/mol. The Morgan fingerprint density at radius 3 is 2.79 bits per heavy atom. The first kappa shape index (κ1) is 16.1. The Balaban J connectivity index is 1.78. The largest absolute Gasteiger partial charge is 0.448 e. The summed E-state index contributed by atoms with van der Waals surface area (Å²) in [6.45, 7) is 3.30. The SMILES string of the molecule is Cc1ccnc2nc(C(=O)O[C@@H](C)C(=O)c3cccc(Cl)c3)nn12. The van der Waals surface area contributed by atoms with Crippen molar-refractivity contribution in [1.29, 1.82) is 0 Å². The van der Waals surface area contributed by atoms with Crippen LogP contribution >= 0.6 is 11.6 Å². The number of hydrogen-bond acceptors (Lipinski definition) is 6. The first-order chi connectivity index (χ1) is 11.5. The van der Waals surface area contributed by atoms with Gasteiger partial charge in [0.15, 0.2) is 6.10 Å². The summed E-state index contributed by atoms with van der Waals surface area (Å²) in [5, 5.41) is 4.48. The maximum Gasteiger partial charge on any atom is 0.379 e. The molecule has 0 aliphatic heterocycles. The smallest absolute Gasteiger partial charge is 0.379 e. The minimum absolute atomic E-state index is 0.150. The Hall–Kier alpha value is -2.80. The van der Waals surface area contributed by atoms with E-state index in [2.05, 4.69) is 15.1 Å². The number of esters is 1. The van der Waals surface area contributed by atoms with E-state index in [1.54, 1.807) is 30.5 Å². The van der Waals surface area contributed by atoms with Gasteiger partial charge in [-0.1, -0.05) is 23.7 Å². The second-order valence-corrected chi connectivity index (χ2v) is 5.59. The van der Waals surface area contributed by atoms with Gasteiger partial charge in [0.2, 0.25) is 5.78 Å². The summed E-state index contributed by atoms with van der Waals surface area (Å²) in [6, 6.07) is 8.18. The molecule has 1 atom stereocenters. The topological polar surface area (TPSA) is 86.5 Å².